The van der Waals surface area contributed by atoms with Gasteiger partial charge in [-0.1, -0.05) is 85.6 Å². The summed E-state index contributed by atoms with van der Waals surface area (Å²) in [7, 11) is 0. The number of halogens is 6. The highest BCUT2D eigenvalue weighted by molar-refractivity contribution is 7.80. The Hall–Kier alpha value is -4.15. The van der Waals surface area contributed by atoms with Crippen LogP contribution in [0.1, 0.15) is 47.9 Å². The van der Waals surface area contributed by atoms with E-state index in [9.17, 15) is 26.3 Å². The van der Waals surface area contributed by atoms with Crippen LogP contribution >= 0.6 is 12.2 Å². The number of alkyl halides is 6. The molecule has 47 heavy (non-hydrogen) atoms. The molecule has 0 aromatic heterocycles. The van der Waals surface area contributed by atoms with E-state index < -0.39 is 23.5 Å². The van der Waals surface area contributed by atoms with Gasteiger partial charge < -0.3 is 10.6 Å². The van der Waals surface area contributed by atoms with E-state index in [0.29, 0.717) is 25.2 Å². The van der Waals surface area contributed by atoms with Crippen molar-refractivity contribution in [2.75, 3.05) is 5.32 Å². The standard InChI is InChI=1S/C37H31F6N3S/c38-36(39,40)26-17-27(37(41,42)43)19-28(18-26)44-35(47)45-31-11-5-6-12-32(31)46-20-24-15-13-22-7-1-3-9-29(22)33(24)34-25(21-46)16-14-23-8-2-4-10-30(23)34/h1-4,7-10,13-19,31-32H,5-6,11-12,20-21H2,(H2,44,45,47). The predicted molar refractivity (Wildman–Crippen MR) is 178 cm³/mol. The number of hydrogen-bond donors (Lipinski definition) is 2. The molecule has 5 aromatic carbocycles. The first-order valence-electron chi connectivity index (χ1n) is 15.6. The van der Waals surface area contributed by atoms with Crippen LogP contribution in [0, 0.1) is 0 Å². The molecule has 0 bridgehead atoms. The summed E-state index contributed by atoms with van der Waals surface area (Å²) in [5, 5.41) is 10.6. The van der Waals surface area contributed by atoms with Gasteiger partial charge in [-0.3, -0.25) is 4.90 Å². The zero-order chi connectivity index (χ0) is 32.9. The van der Waals surface area contributed by atoms with Crippen LogP contribution in [0.5, 0.6) is 0 Å². The van der Waals surface area contributed by atoms with E-state index in [1.807, 2.05) is 12.1 Å². The lowest BCUT2D eigenvalue weighted by Crippen LogP contribution is -2.53. The quantitative estimate of drug-likeness (QED) is 0.148. The summed E-state index contributed by atoms with van der Waals surface area (Å²) in [5.74, 6) is 0. The predicted octanol–water partition coefficient (Wildman–Crippen LogP) is 10.3. The molecular formula is C37H31F6N3S. The van der Waals surface area contributed by atoms with E-state index in [4.69, 9.17) is 12.2 Å². The zero-order valence-corrected chi connectivity index (χ0v) is 26.0. The van der Waals surface area contributed by atoms with Gasteiger partial charge in [0.1, 0.15) is 0 Å². The number of rotatable bonds is 3. The molecule has 1 saturated carbocycles. The van der Waals surface area contributed by atoms with Crippen molar-refractivity contribution in [3.05, 3.63) is 113 Å². The first-order valence-corrected chi connectivity index (χ1v) is 16.0. The number of hydrogen-bond acceptors (Lipinski definition) is 2. The van der Waals surface area contributed by atoms with Gasteiger partial charge in [0, 0.05) is 30.9 Å². The molecule has 10 heteroatoms. The van der Waals surface area contributed by atoms with Crippen LogP contribution in [0.15, 0.2) is 91.0 Å². The maximum absolute atomic E-state index is 13.5. The highest BCUT2D eigenvalue weighted by atomic mass is 32.1. The molecule has 1 aliphatic heterocycles. The lowest BCUT2D eigenvalue weighted by atomic mass is 9.88. The molecule has 1 aliphatic carbocycles. The van der Waals surface area contributed by atoms with Gasteiger partial charge in [0.15, 0.2) is 5.11 Å². The second kappa shape index (κ2) is 12.1. The van der Waals surface area contributed by atoms with Gasteiger partial charge in [-0.25, -0.2) is 0 Å². The van der Waals surface area contributed by atoms with E-state index in [1.54, 1.807) is 0 Å². The molecule has 1 heterocycles. The summed E-state index contributed by atoms with van der Waals surface area (Å²) >= 11 is 5.50. The fourth-order valence-electron chi connectivity index (χ4n) is 7.29. The van der Waals surface area contributed by atoms with Crippen molar-refractivity contribution in [2.24, 2.45) is 0 Å². The fourth-order valence-corrected chi connectivity index (χ4v) is 7.56. The smallest absolute Gasteiger partial charge is 0.358 e. The monoisotopic (exact) mass is 663 g/mol. The maximum atomic E-state index is 13.5. The molecule has 1 fully saturated rings. The summed E-state index contributed by atoms with van der Waals surface area (Å²) in [6, 6.07) is 26.8. The SMILES string of the molecule is FC(F)(F)c1cc(NC(=S)NC2CCCCC2N2Cc3ccc4ccccc4c3-c3c(ccc4ccccc34)C2)cc(C(F)(F)F)c1. The molecule has 3 nitrogen and oxygen atoms in total. The second-order valence-electron chi connectivity index (χ2n) is 12.4. The number of anilines is 1. The maximum Gasteiger partial charge on any atom is 0.416 e. The van der Waals surface area contributed by atoms with Crippen molar-refractivity contribution in [3.63, 3.8) is 0 Å². The summed E-state index contributed by atoms with van der Waals surface area (Å²) in [5.41, 5.74) is 1.69. The third-order valence-corrected chi connectivity index (χ3v) is 9.61. The Bertz CT molecular complexity index is 1870. The van der Waals surface area contributed by atoms with Crippen LogP contribution in [0.25, 0.3) is 32.7 Å². The lowest BCUT2D eigenvalue weighted by Gasteiger charge is -2.40. The van der Waals surface area contributed by atoms with Crippen molar-refractivity contribution in [2.45, 2.75) is 63.2 Å². The number of nitrogens with one attached hydrogen (secondary N) is 2. The molecular weight excluding hydrogens is 632 g/mol. The third kappa shape index (κ3) is 6.28. The van der Waals surface area contributed by atoms with E-state index >= 15 is 0 Å². The first-order chi connectivity index (χ1) is 22.5. The molecule has 2 atom stereocenters. The highest BCUT2D eigenvalue weighted by Crippen LogP contribution is 2.43. The van der Waals surface area contributed by atoms with Gasteiger partial charge in [-0.05, 0) is 87.1 Å². The van der Waals surface area contributed by atoms with Crippen molar-refractivity contribution in [1.82, 2.24) is 10.2 Å². The van der Waals surface area contributed by atoms with Gasteiger partial charge in [0.2, 0.25) is 0 Å². The number of nitrogens with zero attached hydrogens (tertiary/aromatic N) is 1. The molecule has 5 aromatic rings. The summed E-state index contributed by atoms with van der Waals surface area (Å²) in [6.07, 6.45) is -6.34. The Morgan fingerprint density at radius 3 is 1.70 bits per heavy atom. The molecule has 2 aliphatic rings. The normalized spacial score (nSPS) is 18.8. The fraction of sp³-hybridized carbons (Fsp3) is 0.270. The van der Waals surface area contributed by atoms with Crippen LogP contribution < -0.4 is 10.6 Å². The summed E-state index contributed by atoms with van der Waals surface area (Å²) < 4.78 is 80.8. The summed E-state index contributed by atoms with van der Waals surface area (Å²) in [4.78, 5) is 2.44. The van der Waals surface area contributed by atoms with Crippen LogP contribution in [-0.4, -0.2) is 22.1 Å². The third-order valence-electron chi connectivity index (χ3n) is 9.39. The van der Waals surface area contributed by atoms with E-state index in [-0.39, 0.29) is 28.9 Å². The van der Waals surface area contributed by atoms with E-state index in [0.717, 1.165) is 36.5 Å². The minimum atomic E-state index is -4.95. The summed E-state index contributed by atoms with van der Waals surface area (Å²) in [6.45, 7) is 1.35. The van der Waals surface area contributed by atoms with Gasteiger partial charge in [0.25, 0.3) is 0 Å². The van der Waals surface area contributed by atoms with Crippen LogP contribution in [0.4, 0.5) is 32.0 Å². The minimum Gasteiger partial charge on any atom is -0.358 e. The Labute approximate surface area is 273 Å². The Morgan fingerprint density at radius 2 is 1.17 bits per heavy atom. The second-order valence-corrected chi connectivity index (χ2v) is 12.8. The Balaban J connectivity index is 1.22. The average molecular weight is 664 g/mol. The molecule has 0 radical (unpaired) electrons. The Morgan fingerprint density at radius 1 is 0.660 bits per heavy atom. The lowest BCUT2D eigenvalue weighted by molar-refractivity contribution is -0.143. The van der Waals surface area contributed by atoms with Gasteiger partial charge in [-0.15, -0.1) is 0 Å². The van der Waals surface area contributed by atoms with Gasteiger partial charge >= 0.3 is 12.4 Å². The van der Waals surface area contributed by atoms with Crippen LogP contribution in [-0.2, 0) is 25.4 Å². The molecule has 0 saturated heterocycles. The largest absolute Gasteiger partial charge is 0.416 e. The average Bonchev–Trinajstić information content (AvgIpc) is 3.21. The molecule has 242 valence electrons. The number of fused-ring (bicyclic) bond motifs is 7. The molecule has 2 unspecified atom stereocenters. The van der Waals surface area contributed by atoms with Crippen molar-refractivity contribution in [3.8, 4) is 11.1 Å². The topological polar surface area (TPSA) is 27.3 Å². The van der Waals surface area contributed by atoms with Gasteiger partial charge in [0.05, 0.1) is 11.1 Å². The minimum absolute atomic E-state index is 0.0121. The molecule has 0 amide bonds. The molecule has 0 spiro atoms. The number of thiocarbonyl (C=S) groups is 1. The number of benzene rings is 5. The molecule has 2 N–H and O–H groups in total. The van der Waals surface area contributed by atoms with E-state index in [2.05, 4.69) is 76.2 Å². The Kier molecular flexibility index (Phi) is 8.12. The van der Waals surface area contributed by atoms with Crippen molar-refractivity contribution in [1.29, 1.82) is 0 Å². The van der Waals surface area contributed by atoms with Crippen molar-refractivity contribution < 1.29 is 26.3 Å². The van der Waals surface area contributed by atoms with Gasteiger partial charge in [-0.2, -0.15) is 26.3 Å². The first kappa shape index (κ1) is 31.4. The van der Waals surface area contributed by atoms with E-state index in [1.165, 1.54) is 33.0 Å². The van der Waals surface area contributed by atoms with Crippen LogP contribution in [0.2, 0.25) is 0 Å². The highest BCUT2D eigenvalue weighted by Gasteiger charge is 2.38. The zero-order valence-electron chi connectivity index (χ0n) is 25.2. The van der Waals surface area contributed by atoms with Crippen LogP contribution in [0.3, 0.4) is 0 Å². The van der Waals surface area contributed by atoms with Crippen molar-refractivity contribution >= 4 is 44.6 Å². The molecule has 7 rings (SSSR count).